The fraction of sp³-hybridized carbons (Fsp3) is 1.00. The van der Waals surface area contributed by atoms with Gasteiger partial charge < -0.3 is 10.1 Å². The molecule has 1 N–H and O–H groups in total. The number of nitrogens with zero attached hydrogens (tertiary/aromatic N) is 1. The highest BCUT2D eigenvalue weighted by Crippen LogP contribution is 2.10. The van der Waals surface area contributed by atoms with E-state index in [0.717, 1.165) is 19.7 Å². The molecule has 0 aromatic carbocycles. The van der Waals surface area contributed by atoms with Crippen LogP contribution in [0, 0.1) is 0 Å². The summed E-state index contributed by atoms with van der Waals surface area (Å²) >= 11 is 0. The lowest BCUT2D eigenvalue weighted by Crippen LogP contribution is -2.45. The monoisotopic (exact) mass is 230 g/mol. The van der Waals surface area contributed by atoms with Crippen molar-refractivity contribution in [1.82, 2.24) is 10.2 Å². The summed E-state index contributed by atoms with van der Waals surface area (Å²) in [5.74, 6) is 0. The van der Waals surface area contributed by atoms with Gasteiger partial charge in [0.1, 0.15) is 0 Å². The molecule has 0 saturated heterocycles. The third-order valence-corrected chi connectivity index (χ3v) is 3.40. The average Bonchev–Trinajstić information content (AvgIpc) is 2.33. The van der Waals surface area contributed by atoms with E-state index in [0.29, 0.717) is 12.1 Å². The van der Waals surface area contributed by atoms with Crippen LogP contribution in [-0.4, -0.2) is 50.8 Å². The van der Waals surface area contributed by atoms with Gasteiger partial charge in [0.2, 0.25) is 0 Å². The van der Waals surface area contributed by atoms with Crippen molar-refractivity contribution in [1.29, 1.82) is 0 Å². The molecule has 0 fully saturated rings. The summed E-state index contributed by atoms with van der Waals surface area (Å²) in [6.07, 6.45) is 3.63. The van der Waals surface area contributed by atoms with Gasteiger partial charge in [-0.3, -0.25) is 4.90 Å². The Morgan fingerprint density at radius 3 is 2.12 bits per heavy atom. The van der Waals surface area contributed by atoms with Crippen molar-refractivity contribution in [2.45, 2.75) is 52.1 Å². The zero-order valence-electron chi connectivity index (χ0n) is 11.8. The molecule has 0 radical (unpaired) electrons. The molecular weight excluding hydrogens is 200 g/mol. The first-order valence-electron chi connectivity index (χ1n) is 6.63. The minimum Gasteiger partial charge on any atom is -0.383 e. The van der Waals surface area contributed by atoms with Crippen LogP contribution in [0.3, 0.4) is 0 Å². The van der Waals surface area contributed by atoms with E-state index in [9.17, 15) is 0 Å². The highest BCUT2D eigenvalue weighted by atomic mass is 16.5. The Morgan fingerprint density at radius 2 is 1.75 bits per heavy atom. The first kappa shape index (κ1) is 15.9. The van der Waals surface area contributed by atoms with E-state index in [4.69, 9.17) is 4.74 Å². The molecule has 0 bridgehead atoms. The molecule has 1 unspecified atom stereocenters. The minimum absolute atomic E-state index is 0.595. The molecule has 0 saturated carbocycles. The molecule has 0 spiro atoms. The first-order valence-corrected chi connectivity index (χ1v) is 6.63. The summed E-state index contributed by atoms with van der Waals surface area (Å²) in [6, 6.07) is 1.29. The Balaban J connectivity index is 4.27. The van der Waals surface area contributed by atoms with Crippen molar-refractivity contribution >= 4 is 0 Å². The van der Waals surface area contributed by atoms with Crippen molar-refractivity contribution in [3.8, 4) is 0 Å². The maximum absolute atomic E-state index is 5.20. The highest BCUT2D eigenvalue weighted by Gasteiger charge is 2.17. The van der Waals surface area contributed by atoms with Crippen LogP contribution in [0.15, 0.2) is 0 Å². The summed E-state index contributed by atoms with van der Waals surface area (Å²) in [5, 5.41) is 3.38. The summed E-state index contributed by atoms with van der Waals surface area (Å²) < 4.78 is 5.20. The topological polar surface area (TPSA) is 24.5 Å². The van der Waals surface area contributed by atoms with Gasteiger partial charge in [-0.1, -0.05) is 20.8 Å². The number of nitrogens with one attached hydrogen (secondary N) is 1. The van der Waals surface area contributed by atoms with Crippen LogP contribution in [0.5, 0.6) is 0 Å². The summed E-state index contributed by atoms with van der Waals surface area (Å²) in [5.41, 5.74) is 0. The van der Waals surface area contributed by atoms with Crippen LogP contribution >= 0.6 is 0 Å². The second-order valence-electron chi connectivity index (χ2n) is 4.35. The van der Waals surface area contributed by atoms with Crippen molar-refractivity contribution in [3.05, 3.63) is 0 Å². The Morgan fingerprint density at radius 1 is 1.12 bits per heavy atom. The Hall–Kier alpha value is -0.120. The van der Waals surface area contributed by atoms with Crippen molar-refractivity contribution in [2.75, 3.05) is 33.9 Å². The second-order valence-corrected chi connectivity index (χ2v) is 4.35. The third kappa shape index (κ3) is 5.83. The Labute approximate surface area is 102 Å². The number of hydrogen-bond acceptors (Lipinski definition) is 3. The number of ether oxygens (including phenoxy) is 1. The molecule has 0 heterocycles. The van der Waals surface area contributed by atoms with Gasteiger partial charge in [0.15, 0.2) is 0 Å². The van der Waals surface area contributed by atoms with E-state index in [1.807, 2.05) is 0 Å². The van der Waals surface area contributed by atoms with E-state index >= 15 is 0 Å². The number of rotatable bonds is 10. The molecular formula is C13H30N2O. The maximum Gasteiger partial charge on any atom is 0.0589 e. The molecule has 0 aliphatic heterocycles. The standard InChI is InChI=1S/C13H30N2O/c1-6-12(14-4)11-15(9-10-16-5)13(7-2)8-3/h12-14H,6-11H2,1-5H3. The van der Waals surface area contributed by atoms with Crippen molar-refractivity contribution < 1.29 is 4.74 Å². The normalized spacial score (nSPS) is 13.7. The quantitative estimate of drug-likeness (QED) is 0.622. The van der Waals surface area contributed by atoms with Crippen LogP contribution in [-0.2, 0) is 4.74 Å². The second kappa shape index (κ2) is 10.1. The molecule has 0 aliphatic rings. The fourth-order valence-electron chi connectivity index (χ4n) is 2.14. The maximum atomic E-state index is 5.20. The van der Waals surface area contributed by atoms with Gasteiger partial charge in [0.25, 0.3) is 0 Å². The largest absolute Gasteiger partial charge is 0.383 e. The number of hydrogen-bond donors (Lipinski definition) is 1. The van der Waals surface area contributed by atoms with Crippen LogP contribution in [0.4, 0.5) is 0 Å². The molecule has 1 atom stereocenters. The van der Waals surface area contributed by atoms with E-state index in [-0.39, 0.29) is 0 Å². The lowest BCUT2D eigenvalue weighted by molar-refractivity contribution is 0.107. The molecule has 0 rings (SSSR count). The van der Waals surface area contributed by atoms with Gasteiger partial charge in [-0.2, -0.15) is 0 Å². The van der Waals surface area contributed by atoms with Crippen molar-refractivity contribution in [3.63, 3.8) is 0 Å². The molecule has 98 valence electrons. The van der Waals surface area contributed by atoms with Gasteiger partial charge in [-0.05, 0) is 26.3 Å². The number of methoxy groups -OCH3 is 1. The van der Waals surface area contributed by atoms with Gasteiger partial charge in [-0.25, -0.2) is 0 Å². The zero-order chi connectivity index (χ0) is 12.4. The predicted molar refractivity (Wildman–Crippen MR) is 71.0 cm³/mol. The molecule has 16 heavy (non-hydrogen) atoms. The van der Waals surface area contributed by atoms with E-state index < -0.39 is 0 Å². The van der Waals surface area contributed by atoms with Crippen LogP contribution < -0.4 is 5.32 Å². The molecule has 3 heteroatoms. The molecule has 0 amide bonds. The molecule has 0 aromatic rings. The van der Waals surface area contributed by atoms with Crippen molar-refractivity contribution in [2.24, 2.45) is 0 Å². The minimum atomic E-state index is 0.595. The third-order valence-electron chi connectivity index (χ3n) is 3.40. The molecule has 0 aliphatic carbocycles. The van der Waals surface area contributed by atoms with E-state index in [1.165, 1.54) is 19.3 Å². The summed E-state index contributed by atoms with van der Waals surface area (Å²) in [7, 11) is 3.83. The van der Waals surface area contributed by atoms with E-state index in [2.05, 4.69) is 38.0 Å². The van der Waals surface area contributed by atoms with Crippen LogP contribution in [0.1, 0.15) is 40.0 Å². The van der Waals surface area contributed by atoms with Gasteiger partial charge in [0.05, 0.1) is 6.61 Å². The van der Waals surface area contributed by atoms with Gasteiger partial charge in [0, 0.05) is 32.3 Å². The average molecular weight is 230 g/mol. The smallest absolute Gasteiger partial charge is 0.0589 e. The van der Waals surface area contributed by atoms with Gasteiger partial charge in [-0.15, -0.1) is 0 Å². The molecule has 0 aromatic heterocycles. The highest BCUT2D eigenvalue weighted by molar-refractivity contribution is 4.75. The molecule has 3 nitrogen and oxygen atoms in total. The Bertz CT molecular complexity index is 145. The lowest BCUT2D eigenvalue weighted by Gasteiger charge is -2.33. The number of likely N-dealkylation sites (N-methyl/N-ethyl adjacent to an activating group) is 1. The Kier molecular flexibility index (Phi) is 9.99. The SMILES string of the molecule is CCC(CN(CCOC)C(CC)CC)NC. The van der Waals surface area contributed by atoms with E-state index in [1.54, 1.807) is 7.11 Å². The fourth-order valence-corrected chi connectivity index (χ4v) is 2.14. The summed E-state index contributed by atoms with van der Waals surface area (Å²) in [4.78, 5) is 2.56. The van der Waals surface area contributed by atoms with Crippen LogP contribution in [0.2, 0.25) is 0 Å². The first-order chi connectivity index (χ1) is 7.73. The van der Waals surface area contributed by atoms with Gasteiger partial charge >= 0.3 is 0 Å². The van der Waals surface area contributed by atoms with Crippen LogP contribution in [0.25, 0.3) is 0 Å². The summed E-state index contributed by atoms with van der Waals surface area (Å²) in [6.45, 7) is 9.78. The predicted octanol–water partition coefficient (Wildman–Crippen LogP) is 2.12. The zero-order valence-corrected chi connectivity index (χ0v) is 11.8. The lowest BCUT2D eigenvalue weighted by atomic mass is 10.1.